The third-order valence-electron chi connectivity index (χ3n) is 3.85. The number of hydrogen-bond donors (Lipinski definition) is 2. The van der Waals surface area contributed by atoms with Crippen LogP contribution in [0.15, 0.2) is 30.3 Å². The van der Waals surface area contributed by atoms with Crippen molar-refractivity contribution >= 4 is 51.4 Å². The molecule has 0 saturated heterocycles. The number of amides is 2. The number of nitrogens with one attached hydrogen (secondary N) is 2. The van der Waals surface area contributed by atoms with Crippen LogP contribution >= 0.6 is 22.9 Å². The van der Waals surface area contributed by atoms with Gasteiger partial charge >= 0.3 is 5.97 Å². The van der Waals surface area contributed by atoms with Crippen LogP contribution in [0.4, 0.5) is 10.7 Å². The molecule has 0 saturated carbocycles. The molecule has 156 valence electrons. The van der Waals surface area contributed by atoms with Crippen LogP contribution < -0.4 is 10.6 Å². The van der Waals surface area contributed by atoms with Gasteiger partial charge in [-0.05, 0) is 38.6 Å². The van der Waals surface area contributed by atoms with Crippen molar-refractivity contribution in [3.63, 3.8) is 0 Å². The molecular weight excluding hydrogens is 414 g/mol. The van der Waals surface area contributed by atoms with E-state index in [1.165, 1.54) is 11.3 Å². The highest BCUT2D eigenvalue weighted by atomic mass is 35.5. The molecule has 0 atom stereocenters. The highest BCUT2D eigenvalue weighted by Gasteiger charge is 2.19. The van der Waals surface area contributed by atoms with Crippen molar-refractivity contribution in [3.8, 4) is 0 Å². The van der Waals surface area contributed by atoms with Gasteiger partial charge < -0.3 is 15.4 Å². The molecule has 0 spiro atoms. The Bertz CT molecular complexity index is 884. The molecule has 0 aliphatic heterocycles. The first-order valence-corrected chi connectivity index (χ1v) is 10.4. The summed E-state index contributed by atoms with van der Waals surface area (Å²) in [6.45, 7) is 3.95. The fraction of sp³-hybridized carbons (Fsp3) is 0.350. The summed E-state index contributed by atoms with van der Waals surface area (Å²) in [6, 6.07) is 8.66. The minimum atomic E-state index is -0.466. The predicted molar refractivity (Wildman–Crippen MR) is 116 cm³/mol. The van der Waals surface area contributed by atoms with Crippen LogP contribution in [-0.2, 0) is 20.7 Å². The van der Waals surface area contributed by atoms with E-state index in [1.807, 2.05) is 6.92 Å². The molecule has 9 heteroatoms. The van der Waals surface area contributed by atoms with Crippen molar-refractivity contribution in [2.45, 2.75) is 20.3 Å². The van der Waals surface area contributed by atoms with E-state index in [1.54, 1.807) is 49.2 Å². The monoisotopic (exact) mass is 437 g/mol. The lowest BCUT2D eigenvalue weighted by Crippen LogP contribution is -2.36. The van der Waals surface area contributed by atoms with Gasteiger partial charge in [0.15, 0.2) is 0 Å². The third-order valence-corrected chi connectivity index (χ3v) is 5.38. The quantitative estimate of drug-likeness (QED) is 0.584. The summed E-state index contributed by atoms with van der Waals surface area (Å²) in [5.41, 5.74) is 0.864. The van der Waals surface area contributed by atoms with Crippen molar-refractivity contribution in [1.29, 1.82) is 0 Å². The number of thiophene rings is 1. The highest BCUT2D eigenvalue weighted by Crippen LogP contribution is 2.29. The van der Waals surface area contributed by atoms with Gasteiger partial charge in [-0.2, -0.15) is 0 Å². The third kappa shape index (κ3) is 6.85. The van der Waals surface area contributed by atoms with E-state index in [0.29, 0.717) is 21.3 Å². The number of likely N-dealkylation sites (N-methyl/N-ethyl adjacent to an activating group) is 1. The summed E-state index contributed by atoms with van der Waals surface area (Å²) in [5.74, 6) is -1.08. The van der Waals surface area contributed by atoms with Crippen LogP contribution in [0.2, 0.25) is 5.02 Å². The maximum atomic E-state index is 12.4. The van der Waals surface area contributed by atoms with Gasteiger partial charge in [0.25, 0.3) is 0 Å². The number of hydrogen-bond acceptors (Lipinski definition) is 6. The lowest BCUT2D eigenvalue weighted by molar-refractivity contribution is -0.119. The maximum Gasteiger partial charge on any atom is 0.341 e. The van der Waals surface area contributed by atoms with Gasteiger partial charge in [-0.3, -0.25) is 14.5 Å². The molecule has 1 aromatic carbocycles. The van der Waals surface area contributed by atoms with Crippen LogP contribution in [0, 0.1) is 0 Å². The molecule has 1 aromatic heterocycles. The molecular formula is C20H24ClN3O4S. The van der Waals surface area contributed by atoms with E-state index in [0.717, 1.165) is 11.3 Å². The van der Waals surface area contributed by atoms with E-state index in [-0.39, 0.29) is 31.5 Å². The number of anilines is 2. The number of carbonyl (C=O) groups excluding carboxylic acids is 3. The number of benzene rings is 1. The number of nitrogens with zero attached hydrogens (tertiary/aromatic N) is 1. The van der Waals surface area contributed by atoms with Crippen LogP contribution in [-0.4, -0.2) is 49.4 Å². The molecule has 2 rings (SSSR count). The fourth-order valence-corrected chi connectivity index (χ4v) is 3.72. The molecule has 2 aromatic rings. The minimum Gasteiger partial charge on any atom is -0.462 e. The molecule has 0 radical (unpaired) electrons. The minimum absolute atomic E-state index is 0.00796. The first-order valence-electron chi connectivity index (χ1n) is 9.16. The molecule has 7 nitrogen and oxygen atoms in total. The zero-order valence-corrected chi connectivity index (χ0v) is 18.2. The van der Waals surface area contributed by atoms with E-state index < -0.39 is 5.97 Å². The van der Waals surface area contributed by atoms with Gasteiger partial charge in [-0.15, -0.1) is 11.3 Å². The Labute approximate surface area is 179 Å². The van der Waals surface area contributed by atoms with Crippen molar-refractivity contribution in [3.05, 3.63) is 45.8 Å². The van der Waals surface area contributed by atoms with E-state index in [4.69, 9.17) is 16.3 Å². The Morgan fingerprint density at radius 3 is 2.38 bits per heavy atom. The molecule has 1 heterocycles. The summed E-state index contributed by atoms with van der Waals surface area (Å²) in [6.07, 6.45) is 0.745. The van der Waals surface area contributed by atoms with Gasteiger partial charge in [0.05, 0.1) is 36.0 Å². The smallest absolute Gasteiger partial charge is 0.341 e. The van der Waals surface area contributed by atoms with Crippen LogP contribution in [0.5, 0.6) is 0 Å². The number of ether oxygens (including phenoxy) is 1. The summed E-state index contributed by atoms with van der Waals surface area (Å²) in [4.78, 5) is 39.2. The summed E-state index contributed by atoms with van der Waals surface area (Å²) < 4.78 is 5.05. The lowest BCUT2D eigenvalue weighted by atomic mass is 10.2. The SMILES string of the molecule is CCOC(=O)c1cc(CC)sc1NC(=O)CN(C)CC(=O)Nc1ccccc1Cl. The molecule has 0 unspecified atom stereocenters. The Kier molecular flexibility index (Phi) is 8.63. The van der Waals surface area contributed by atoms with Crippen molar-refractivity contribution in [1.82, 2.24) is 4.90 Å². The van der Waals surface area contributed by atoms with E-state index in [9.17, 15) is 14.4 Å². The molecule has 0 aliphatic rings. The molecule has 0 fully saturated rings. The van der Waals surface area contributed by atoms with Crippen LogP contribution in [0.3, 0.4) is 0 Å². The number of aryl methyl sites for hydroxylation is 1. The van der Waals surface area contributed by atoms with Crippen LogP contribution in [0.1, 0.15) is 29.1 Å². The lowest BCUT2D eigenvalue weighted by Gasteiger charge is -2.16. The number of esters is 1. The number of rotatable bonds is 9. The topological polar surface area (TPSA) is 87.7 Å². The van der Waals surface area contributed by atoms with Gasteiger partial charge in [-0.25, -0.2) is 4.79 Å². The number of carbonyl (C=O) groups is 3. The van der Waals surface area contributed by atoms with E-state index >= 15 is 0 Å². The molecule has 2 N–H and O–H groups in total. The summed E-state index contributed by atoms with van der Waals surface area (Å²) in [5, 5.41) is 6.36. The van der Waals surface area contributed by atoms with Crippen molar-refractivity contribution in [2.24, 2.45) is 0 Å². The summed E-state index contributed by atoms with van der Waals surface area (Å²) >= 11 is 7.37. The second kappa shape index (κ2) is 10.9. The number of para-hydroxylation sites is 1. The second-order valence-corrected chi connectivity index (χ2v) is 7.82. The average molecular weight is 438 g/mol. The van der Waals surface area contributed by atoms with Crippen molar-refractivity contribution in [2.75, 3.05) is 37.4 Å². The van der Waals surface area contributed by atoms with Gasteiger partial charge in [0.1, 0.15) is 5.00 Å². The molecule has 0 aliphatic carbocycles. The second-order valence-electron chi connectivity index (χ2n) is 6.28. The van der Waals surface area contributed by atoms with Crippen molar-refractivity contribution < 1.29 is 19.1 Å². The first-order chi connectivity index (χ1) is 13.8. The zero-order valence-electron chi connectivity index (χ0n) is 16.6. The molecule has 29 heavy (non-hydrogen) atoms. The Balaban J connectivity index is 1.93. The maximum absolute atomic E-state index is 12.4. The Hall–Kier alpha value is -2.42. The Morgan fingerprint density at radius 2 is 1.76 bits per heavy atom. The number of halogens is 1. The van der Waals surface area contributed by atoms with Crippen LogP contribution in [0.25, 0.3) is 0 Å². The predicted octanol–water partition coefficient (Wildman–Crippen LogP) is 3.65. The largest absolute Gasteiger partial charge is 0.462 e. The standard InChI is InChI=1S/C20H24ClN3O4S/c1-4-13-10-14(20(27)28-5-2)19(29-13)23-18(26)12-24(3)11-17(25)22-16-9-7-6-8-15(16)21/h6-10H,4-5,11-12H2,1-3H3,(H,22,25)(H,23,26). The first kappa shape index (κ1) is 22.9. The normalized spacial score (nSPS) is 10.7. The average Bonchev–Trinajstić information content (AvgIpc) is 3.06. The molecule has 0 bridgehead atoms. The summed E-state index contributed by atoms with van der Waals surface area (Å²) in [7, 11) is 1.66. The fourth-order valence-electron chi connectivity index (χ4n) is 2.53. The van der Waals surface area contributed by atoms with Gasteiger partial charge in [-0.1, -0.05) is 30.7 Å². The Morgan fingerprint density at radius 1 is 1.10 bits per heavy atom. The van der Waals surface area contributed by atoms with E-state index in [2.05, 4.69) is 10.6 Å². The van der Waals surface area contributed by atoms with Gasteiger partial charge in [0.2, 0.25) is 11.8 Å². The zero-order chi connectivity index (χ0) is 21.4. The highest BCUT2D eigenvalue weighted by molar-refractivity contribution is 7.16. The molecule has 2 amide bonds. The van der Waals surface area contributed by atoms with Gasteiger partial charge in [0, 0.05) is 4.88 Å².